The lowest BCUT2D eigenvalue weighted by Crippen LogP contribution is -2.56. The van der Waals surface area contributed by atoms with Crippen LogP contribution < -0.4 is 5.32 Å². The molecule has 0 aliphatic carbocycles. The van der Waals surface area contributed by atoms with Crippen LogP contribution in [-0.4, -0.2) is 83.4 Å². The highest BCUT2D eigenvalue weighted by atomic mass is 16.2. The van der Waals surface area contributed by atoms with E-state index in [1.54, 1.807) is 0 Å². The molecule has 0 saturated carbocycles. The Kier molecular flexibility index (Phi) is 6.57. The molecule has 2 aliphatic heterocycles. The number of aromatic nitrogens is 1. The summed E-state index contributed by atoms with van der Waals surface area (Å²) in [5, 5.41) is 2.89. The zero-order valence-corrected chi connectivity index (χ0v) is 15.6. The standard InChI is InChI=1S/C19H29N5O2/c1-2-23-11-8-21-19(26)17(23)14-18(25)24-10-3-9-22(12-13-24)15-16-4-6-20-7-5-16/h4-7,17H,2-3,8-15H2,1H3,(H,21,26)/t17-/m1/s1. The highest BCUT2D eigenvalue weighted by Crippen LogP contribution is 2.13. The van der Waals surface area contributed by atoms with Gasteiger partial charge in [0.2, 0.25) is 11.8 Å². The molecule has 3 rings (SSSR count). The maximum Gasteiger partial charge on any atom is 0.237 e. The van der Waals surface area contributed by atoms with E-state index in [1.807, 2.05) is 36.4 Å². The molecule has 3 heterocycles. The lowest BCUT2D eigenvalue weighted by Gasteiger charge is -2.34. The minimum absolute atomic E-state index is 0.0133. The average Bonchev–Trinajstić information content (AvgIpc) is 2.90. The Morgan fingerprint density at radius 2 is 2.00 bits per heavy atom. The van der Waals surface area contributed by atoms with E-state index in [0.29, 0.717) is 6.54 Å². The minimum Gasteiger partial charge on any atom is -0.353 e. The number of rotatable bonds is 5. The summed E-state index contributed by atoms with van der Waals surface area (Å²) in [5.41, 5.74) is 1.25. The first-order valence-corrected chi connectivity index (χ1v) is 9.58. The summed E-state index contributed by atoms with van der Waals surface area (Å²) in [5.74, 6) is 0.0804. The first-order valence-electron chi connectivity index (χ1n) is 9.58. The van der Waals surface area contributed by atoms with Crippen molar-refractivity contribution in [1.29, 1.82) is 0 Å². The fourth-order valence-corrected chi connectivity index (χ4v) is 3.78. The Morgan fingerprint density at radius 3 is 2.77 bits per heavy atom. The van der Waals surface area contributed by atoms with E-state index >= 15 is 0 Å². The zero-order valence-electron chi connectivity index (χ0n) is 15.6. The number of nitrogens with zero attached hydrogens (tertiary/aromatic N) is 4. The Hall–Kier alpha value is -1.99. The van der Waals surface area contributed by atoms with E-state index in [-0.39, 0.29) is 24.3 Å². The third kappa shape index (κ3) is 4.80. The topological polar surface area (TPSA) is 68.8 Å². The summed E-state index contributed by atoms with van der Waals surface area (Å²) in [4.78, 5) is 35.4. The Labute approximate surface area is 155 Å². The van der Waals surface area contributed by atoms with Crippen molar-refractivity contribution in [1.82, 2.24) is 25.0 Å². The van der Waals surface area contributed by atoms with Gasteiger partial charge >= 0.3 is 0 Å². The summed E-state index contributed by atoms with van der Waals surface area (Å²) >= 11 is 0. The Balaban J connectivity index is 1.53. The van der Waals surface area contributed by atoms with E-state index in [2.05, 4.69) is 20.1 Å². The third-order valence-corrected chi connectivity index (χ3v) is 5.31. The SMILES string of the molecule is CCN1CCNC(=O)[C@H]1CC(=O)N1CCCN(Cc2ccncc2)CC1. The number of piperazine rings is 1. The second-order valence-electron chi connectivity index (χ2n) is 7.01. The lowest BCUT2D eigenvalue weighted by atomic mass is 10.1. The van der Waals surface area contributed by atoms with Gasteiger partial charge in [0.1, 0.15) is 0 Å². The number of pyridine rings is 1. The van der Waals surface area contributed by atoms with Crippen LogP contribution in [0.4, 0.5) is 0 Å². The largest absolute Gasteiger partial charge is 0.353 e. The van der Waals surface area contributed by atoms with Gasteiger partial charge in [-0.05, 0) is 30.7 Å². The number of carbonyl (C=O) groups excluding carboxylic acids is 2. The number of amides is 2. The van der Waals surface area contributed by atoms with Gasteiger partial charge in [-0.2, -0.15) is 0 Å². The fraction of sp³-hybridized carbons (Fsp3) is 0.632. The van der Waals surface area contributed by atoms with Crippen molar-refractivity contribution in [2.75, 3.05) is 45.8 Å². The number of likely N-dealkylation sites (N-methyl/N-ethyl adjacent to an activating group) is 1. The quantitative estimate of drug-likeness (QED) is 0.820. The van der Waals surface area contributed by atoms with Crippen molar-refractivity contribution < 1.29 is 9.59 Å². The van der Waals surface area contributed by atoms with E-state index in [9.17, 15) is 9.59 Å². The Morgan fingerprint density at radius 1 is 1.19 bits per heavy atom. The van der Waals surface area contributed by atoms with Gasteiger partial charge in [0, 0.05) is 58.2 Å². The van der Waals surface area contributed by atoms with Crippen LogP contribution in [0.5, 0.6) is 0 Å². The lowest BCUT2D eigenvalue weighted by molar-refractivity contribution is -0.138. The van der Waals surface area contributed by atoms with Gasteiger partial charge in [0.15, 0.2) is 0 Å². The monoisotopic (exact) mass is 359 g/mol. The number of carbonyl (C=O) groups is 2. The third-order valence-electron chi connectivity index (χ3n) is 5.31. The van der Waals surface area contributed by atoms with E-state index < -0.39 is 0 Å². The van der Waals surface area contributed by atoms with Crippen molar-refractivity contribution >= 4 is 11.8 Å². The summed E-state index contributed by atoms with van der Waals surface area (Å²) in [6.45, 7) is 8.56. The molecule has 0 unspecified atom stereocenters. The first-order chi connectivity index (χ1) is 12.7. The summed E-state index contributed by atoms with van der Waals surface area (Å²) in [7, 11) is 0. The highest BCUT2D eigenvalue weighted by molar-refractivity contribution is 5.88. The normalized spacial score (nSPS) is 22.7. The molecule has 2 amide bonds. The number of nitrogens with one attached hydrogen (secondary N) is 1. The molecule has 0 radical (unpaired) electrons. The van der Waals surface area contributed by atoms with Crippen LogP contribution in [0.25, 0.3) is 0 Å². The van der Waals surface area contributed by atoms with E-state index in [1.165, 1.54) is 5.56 Å². The molecule has 0 spiro atoms. The number of hydrogen-bond donors (Lipinski definition) is 1. The average molecular weight is 359 g/mol. The van der Waals surface area contributed by atoms with Crippen molar-refractivity contribution in [3.8, 4) is 0 Å². The summed E-state index contributed by atoms with van der Waals surface area (Å²) in [6, 6.07) is 3.75. The van der Waals surface area contributed by atoms with Gasteiger partial charge in [-0.3, -0.25) is 24.4 Å². The van der Waals surface area contributed by atoms with E-state index in [4.69, 9.17) is 0 Å². The molecule has 7 nitrogen and oxygen atoms in total. The van der Waals surface area contributed by atoms with Crippen LogP contribution in [-0.2, 0) is 16.1 Å². The van der Waals surface area contributed by atoms with Crippen LogP contribution in [0.2, 0.25) is 0 Å². The maximum absolute atomic E-state index is 12.8. The Bertz CT molecular complexity index is 609. The summed E-state index contributed by atoms with van der Waals surface area (Å²) < 4.78 is 0. The molecule has 0 aromatic carbocycles. The second-order valence-corrected chi connectivity index (χ2v) is 7.01. The maximum atomic E-state index is 12.8. The molecule has 1 atom stereocenters. The van der Waals surface area contributed by atoms with Crippen LogP contribution >= 0.6 is 0 Å². The molecule has 2 aliphatic rings. The summed E-state index contributed by atoms with van der Waals surface area (Å²) in [6.07, 6.45) is 4.88. The molecule has 26 heavy (non-hydrogen) atoms. The van der Waals surface area contributed by atoms with Crippen molar-refractivity contribution in [3.05, 3.63) is 30.1 Å². The number of hydrogen-bond acceptors (Lipinski definition) is 5. The molecule has 2 saturated heterocycles. The molecule has 1 aromatic rings. The minimum atomic E-state index is -0.322. The second kappa shape index (κ2) is 9.09. The molecule has 7 heteroatoms. The van der Waals surface area contributed by atoms with E-state index in [0.717, 1.165) is 52.2 Å². The van der Waals surface area contributed by atoms with Crippen LogP contribution in [0.1, 0.15) is 25.3 Å². The van der Waals surface area contributed by atoms with Gasteiger partial charge < -0.3 is 10.2 Å². The zero-order chi connectivity index (χ0) is 18.4. The van der Waals surface area contributed by atoms with Crippen LogP contribution in [0.15, 0.2) is 24.5 Å². The van der Waals surface area contributed by atoms with Crippen molar-refractivity contribution in [3.63, 3.8) is 0 Å². The van der Waals surface area contributed by atoms with Gasteiger partial charge in [-0.1, -0.05) is 6.92 Å². The van der Waals surface area contributed by atoms with Crippen LogP contribution in [0.3, 0.4) is 0 Å². The van der Waals surface area contributed by atoms with Crippen LogP contribution in [0, 0.1) is 0 Å². The fourth-order valence-electron chi connectivity index (χ4n) is 3.78. The van der Waals surface area contributed by atoms with Crippen molar-refractivity contribution in [2.24, 2.45) is 0 Å². The smallest absolute Gasteiger partial charge is 0.237 e. The van der Waals surface area contributed by atoms with Gasteiger partial charge in [0.25, 0.3) is 0 Å². The van der Waals surface area contributed by atoms with Gasteiger partial charge in [-0.15, -0.1) is 0 Å². The molecular weight excluding hydrogens is 330 g/mol. The van der Waals surface area contributed by atoms with Gasteiger partial charge in [-0.25, -0.2) is 0 Å². The molecule has 2 fully saturated rings. The van der Waals surface area contributed by atoms with Crippen molar-refractivity contribution in [2.45, 2.75) is 32.4 Å². The highest BCUT2D eigenvalue weighted by Gasteiger charge is 2.32. The first kappa shape index (κ1) is 18.8. The van der Waals surface area contributed by atoms with Gasteiger partial charge in [0.05, 0.1) is 12.5 Å². The predicted molar refractivity (Wildman–Crippen MR) is 99.4 cm³/mol. The molecule has 1 aromatic heterocycles. The molecule has 0 bridgehead atoms. The predicted octanol–water partition coefficient (Wildman–Crippen LogP) is 0.326. The molecular formula is C19H29N5O2. The molecule has 142 valence electrons. The molecule has 1 N–H and O–H groups in total.